The number of hydrogen-bond donors (Lipinski definition) is 1. The highest BCUT2D eigenvalue weighted by Crippen LogP contribution is 2.25. The van der Waals surface area contributed by atoms with Crippen molar-refractivity contribution in [2.75, 3.05) is 0 Å². The Kier molecular flexibility index (Phi) is 3.13. The molecule has 3 aromatic rings. The molecular weight excluding hydrogens is 238 g/mol. The lowest BCUT2D eigenvalue weighted by molar-refractivity contribution is 0.429. The second-order valence-electron chi connectivity index (χ2n) is 4.75. The maximum absolute atomic E-state index is 5.76. The summed E-state index contributed by atoms with van der Waals surface area (Å²) in [5.41, 5.74) is 2.16. The van der Waals surface area contributed by atoms with Crippen LogP contribution in [0, 0.1) is 6.92 Å². The Morgan fingerprint density at radius 3 is 2.79 bits per heavy atom. The molecule has 0 aliphatic rings. The Balaban J connectivity index is 1.80. The van der Waals surface area contributed by atoms with E-state index in [0.29, 0.717) is 0 Å². The maximum Gasteiger partial charge on any atom is 0.134 e. The first-order chi connectivity index (χ1) is 9.25. The molecule has 0 unspecified atom stereocenters. The molecule has 2 heterocycles. The van der Waals surface area contributed by atoms with Gasteiger partial charge in [0.15, 0.2) is 0 Å². The molecular formula is C16H17NO2. The Morgan fingerprint density at radius 2 is 2.00 bits per heavy atom. The Morgan fingerprint density at radius 1 is 1.16 bits per heavy atom. The van der Waals surface area contributed by atoms with Crippen molar-refractivity contribution in [3.05, 3.63) is 59.7 Å². The molecule has 3 heteroatoms. The van der Waals surface area contributed by atoms with Gasteiger partial charge in [0, 0.05) is 17.5 Å². The quantitative estimate of drug-likeness (QED) is 0.759. The van der Waals surface area contributed by atoms with Gasteiger partial charge in [-0.2, -0.15) is 0 Å². The van der Waals surface area contributed by atoms with E-state index in [-0.39, 0.29) is 6.04 Å². The van der Waals surface area contributed by atoms with Crippen molar-refractivity contribution in [1.29, 1.82) is 0 Å². The first kappa shape index (κ1) is 12.1. The molecule has 1 atom stereocenters. The van der Waals surface area contributed by atoms with Gasteiger partial charge in [0.25, 0.3) is 0 Å². The summed E-state index contributed by atoms with van der Waals surface area (Å²) in [6.07, 6.45) is 1.70. The minimum absolute atomic E-state index is 0.183. The highest BCUT2D eigenvalue weighted by molar-refractivity contribution is 5.82. The van der Waals surface area contributed by atoms with Gasteiger partial charge in [-0.25, -0.2) is 0 Å². The van der Waals surface area contributed by atoms with Crippen LogP contribution in [0.25, 0.3) is 11.0 Å². The highest BCUT2D eigenvalue weighted by atomic mass is 16.3. The number of furan rings is 2. The molecule has 0 aliphatic heterocycles. The van der Waals surface area contributed by atoms with E-state index in [1.165, 1.54) is 10.9 Å². The molecule has 19 heavy (non-hydrogen) atoms. The second kappa shape index (κ2) is 4.94. The number of hydrogen-bond acceptors (Lipinski definition) is 3. The number of para-hydroxylation sites is 1. The van der Waals surface area contributed by atoms with E-state index in [1.807, 2.05) is 37.3 Å². The van der Waals surface area contributed by atoms with Crippen molar-refractivity contribution in [3.8, 4) is 0 Å². The van der Waals surface area contributed by atoms with Gasteiger partial charge in [0.1, 0.15) is 17.1 Å². The molecule has 1 N–H and O–H groups in total. The largest absolute Gasteiger partial charge is 0.468 e. The number of fused-ring (bicyclic) bond motifs is 1. The maximum atomic E-state index is 5.76. The van der Waals surface area contributed by atoms with Crippen molar-refractivity contribution in [2.45, 2.75) is 26.4 Å². The summed E-state index contributed by atoms with van der Waals surface area (Å²) in [6, 6.07) is 12.2. The molecule has 0 bridgehead atoms. The zero-order chi connectivity index (χ0) is 13.2. The molecule has 0 amide bonds. The molecule has 98 valence electrons. The number of benzene rings is 1. The number of nitrogens with one attached hydrogen (secondary N) is 1. The molecule has 2 aromatic heterocycles. The van der Waals surface area contributed by atoms with Crippen LogP contribution < -0.4 is 5.32 Å². The Hall–Kier alpha value is -2.00. The third-order valence-electron chi connectivity index (χ3n) is 3.46. The fraction of sp³-hybridized carbons (Fsp3) is 0.250. The summed E-state index contributed by atoms with van der Waals surface area (Å²) < 4.78 is 11.2. The summed E-state index contributed by atoms with van der Waals surface area (Å²) in [7, 11) is 0. The van der Waals surface area contributed by atoms with E-state index in [4.69, 9.17) is 8.83 Å². The highest BCUT2D eigenvalue weighted by Gasteiger charge is 2.13. The van der Waals surface area contributed by atoms with Crippen LogP contribution in [0.4, 0.5) is 0 Å². The van der Waals surface area contributed by atoms with Crippen molar-refractivity contribution in [2.24, 2.45) is 0 Å². The molecule has 3 nitrogen and oxygen atoms in total. The summed E-state index contributed by atoms with van der Waals surface area (Å²) in [6.45, 7) is 4.87. The van der Waals surface area contributed by atoms with E-state index in [1.54, 1.807) is 6.26 Å². The van der Waals surface area contributed by atoms with Crippen LogP contribution in [-0.4, -0.2) is 0 Å². The average Bonchev–Trinajstić information content (AvgIpc) is 3.03. The molecule has 0 spiro atoms. The molecule has 0 aliphatic carbocycles. The average molecular weight is 255 g/mol. The van der Waals surface area contributed by atoms with E-state index < -0.39 is 0 Å². The fourth-order valence-corrected chi connectivity index (χ4v) is 2.33. The van der Waals surface area contributed by atoms with Crippen LogP contribution in [0.5, 0.6) is 0 Å². The second-order valence-corrected chi connectivity index (χ2v) is 4.75. The zero-order valence-corrected chi connectivity index (χ0v) is 11.1. The summed E-state index contributed by atoms with van der Waals surface area (Å²) >= 11 is 0. The van der Waals surface area contributed by atoms with Crippen molar-refractivity contribution in [1.82, 2.24) is 5.32 Å². The van der Waals surface area contributed by atoms with Crippen LogP contribution >= 0.6 is 0 Å². The lowest BCUT2D eigenvalue weighted by Crippen LogP contribution is -2.17. The lowest BCUT2D eigenvalue weighted by Gasteiger charge is -2.10. The monoisotopic (exact) mass is 255 g/mol. The number of aryl methyl sites for hydroxylation is 1. The molecule has 0 fully saturated rings. The number of rotatable bonds is 4. The van der Waals surface area contributed by atoms with Gasteiger partial charge in [-0.3, -0.25) is 0 Å². The smallest absolute Gasteiger partial charge is 0.134 e. The predicted octanol–water partition coefficient (Wildman–Crippen LogP) is 4.19. The van der Waals surface area contributed by atoms with Crippen LogP contribution in [0.15, 0.2) is 51.5 Å². The standard InChI is InChI=1S/C16H17NO2/c1-11(15-8-5-9-18-15)17-10-14-12(2)19-16-7-4-3-6-13(14)16/h3-9,11,17H,10H2,1-2H3/t11-/m1/s1. The lowest BCUT2D eigenvalue weighted by atomic mass is 10.1. The van der Waals surface area contributed by atoms with E-state index >= 15 is 0 Å². The zero-order valence-electron chi connectivity index (χ0n) is 11.1. The van der Waals surface area contributed by atoms with Gasteiger partial charge in [-0.05, 0) is 32.0 Å². The van der Waals surface area contributed by atoms with Crippen LogP contribution in [0.1, 0.15) is 30.0 Å². The molecule has 0 radical (unpaired) electrons. The summed E-state index contributed by atoms with van der Waals surface area (Å²) in [4.78, 5) is 0. The third kappa shape index (κ3) is 2.29. The Labute approximate surface area is 112 Å². The first-order valence-electron chi connectivity index (χ1n) is 6.49. The third-order valence-corrected chi connectivity index (χ3v) is 3.46. The normalized spacial score (nSPS) is 12.9. The van der Waals surface area contributed by atoms with Gasteiger partial charge in [-0.15, -0.1) is 0 Å². The summed E-state index contributed by atoms with van der Waals surface area (Å²) in [5.74, 6) is 1.92. The Bertz CT molecular complexity index is 667. The van der Waals surface area contributed by atoms with E-state index in [0.717, 1.165) is 23.6 Å². The molecule has 1 aromatic carbocycles. The van der Waals surface area contributed by atoms with E-state index in [9.17, 15) is 0 Å². The van der Waals surface area contributed by atoms with Crippen molar-refractivity contribution >= 4 is 11.0 Å². The molecule has 3 rings (SSSR count). The molecule has 0 saturated heterocycles. The van der Waals surface area contributed by atoms with Crippen LogP contribution in [-0.2, 0) is 6.54 Å². The van der Waals surface area contributed by atoms with Gasteiger partial charge < -0.3 is 14.2 Å². The van der Waals surface area contributed by atoms with Gasteiger partial charge in [0.2, 0.25) is 0 Å². The first-order valence-corrected chi connectivity index (χ1v) is 6.49. The molecule has 0 saturated carbocycles. The SMILES string of the molecule is Cc1oc2ccccc2c1CN[C@H](C)c1ccco1. The predicted molar refractivity (Wildman–Crippen MR) is 74.9 cm³/mol. The van der Waals surface area contributed by atoms with Gasteiger partial charge in [0.05, 0.1) is 12.3 Å². The summed E-state index contributed by atoms with van der Waals surface area (Å²) in [5, 5.41) is 4.65. The van der Waals surface area contributed by atoms with Crippen molar-refractivity contribution < 1.29 is 8.83 Å². The van der Waals surface area contributed by atoms with Crippen LogP contribution in [0.3, 0.4) is 0 Å². The van der Waals surface area contributed by atoms with Gasteiger partial charge in [-0.1, -0.05) is 18.2 Å². The topological polar surface area (TPSA) is 38.3 Å². The van der Waals surface area contributed by atoms with Crippen molar-refractivity contribution in [3.63, 3.8) is 0 Å². The minimum atomic E-state index is 0.183. The fourth-order valence-electron chi connectivity index (χ4n) is 2.33. The van der Waals surface area contributed by atoms with Crippen LogP contribution in [0.2, 0.25) is 0 Å². The minimum Gasteiger partial charge on any atom is -0.468 e. The van der Waals surface area contributed by atoms with E-state index in [2.05, 4.69) is 18.3 Å². The van der Waals surface area contributed by atoms with Gasteiger partial charge >= 0.3 is 0 Å².